The molecule has 0 radical (unpaired) electrons. The van der Waals surface area contributed by atoms with Gasteiger partial charge >= 0.3 is 10.8 Å². The van der Waals surface area contributed by atoms with Crippen LogP contribution in [0.2, 0.25) is 0 Å². The smallest absolute Gasteiger partial charge is 0.305 e. The first-order valence-electron chi connectivity index (χ1n) is 10.6. The second kappa shape index (κ2) is 6.95. The maximum absolute atomic E-state index is 13.2. The minimum atomic E-state index is -1.03. The number of aliphatic carboxylic acids is 1. The van der Waals surface area contributed by atoms with Crippen molar-refractivity contribution in [2.75, 3.05) is 6.54 Å². The average molecular weight is 473 g/mol. The standard InChI is InChI=1S/C22H20N2O6S2/c25-9-3-1-8(2-4-9)13-14-10-7-11(17(14)31-19-18(13)32-22(30)23-19)16-15(10)20(28)24(21(16)29)6-5-12(26)27/h1-4,10-11,13-17,25H,5-7H2,(H,23,30)(H,26,27)/t10-,11+,13-,14+,15+,16+,17-/m0/s1. The largest absolute Gasteiger partial charge is 0.508 e. The number of imide groups is 1. The molecular formula is C22H20N2O6S2. The summed E-state index contributed by atoms with van der Waals surface area (Å²) in [5.74, 6) is -2.15. The van der Waals surface area contributed by atoms with E-state index in [1.54, 1.807) is 23.9 Å². The first-order valence-corrected chi connectivity index (χ1v) is 12.3. The number of carbonyl (C=O) groups is 3. The molecule has 8 nitrogen and oxygen atoms in total. The number of amides is 2. The van der Waals surface area contributed by atoms with E-state index in [9.17, 15) is 24.3 Å². The highest BCUT2D eigenvalue weighted by Gasteiger charge is 2.69. The quantitative estimate of drug-likeness (QED) is 0.582. The second-order valence-corrected chi connectivity index (χ2v) is 11.2. The summed E-state index contributed by atoms with van der Waals surface area (Å²) in [6, 6.07) is 7.00. The molecule has 7 atom stereocenters. The summed E-state index contributed by atoms with van der Waals surface area (Å²) in [5, 5.41) is 19.7. The van der Waals surface area contributed by atoms with Gasteiger partial charge in [0.05, 0.1) is 23.3 Å². The van der Waals surface area contributed by atoms with E-state index in [1.807, 2.05) is 12.1 Å². The number of rotatable bonds is 4. The van der Waals surface area contributed by atoms with Crippen molar-refractivity contribution in [3.63, 3.8) is 0 Å². The van der Waals surface area contributed by atoms with Crippen LogP contribution in [0.3, 0.4) is 0 Å². The fourth-order valence-corrected chi connectivity index (χ4v) is 9.45. The maximum atomic E-state index is 13.2. The van der Waals surface area contributed by atoms with E-state index in [2.05, 4.69) is 4.98 Å². The number of aromatic amines is 1. The van der Waals surface area contributed by atoms with Crippen LogP contribution in [0.5, 0.6) is 5.75 Å². The molecule has 2 amide bonds. The van der Waals surface area contributed by atoms with Gasteiger partial charge in [0.25, 0.3) is 0 Å². The lowest BCUT2D eigenvalue weighted by Crippen LogP contribution is -2.42. The zero-order valence-electron chi connectivity index (χ0n) is 16.8. The van der Waals surface area contributed by atoms with E-state index >= 15 is 0 Å². The van der Waals surface area contributed by atoms with Gasteiger partial charge in [0.1, 0.15) is 5.75 Å². The Labute approximate surface area is 190 Å². The Morgan fingerprint density at radius 1 is 1.09 bits per heavy atom. The number of H-pyrrole nitrogens is 1. The van der Waals surface area contributed by atoms with Crippen molar-refractivity contribution < 1.29 is 24.6 Å². The summed E-state index contributed by atoms with van der Waals surface area (Å²) >= 11 is 2.80. The van der Waals surface area contributed by atoms with E-state index in [-0.39, 0.29) is 64.3 Å². The number of thioether (sulfide) groups is 1. The number of hydrogen-bond acceptors (Lipinski definition) is 7. The SMILES string of the molecule is O=C(O)CCN1C(=O)[C@@H]2[C@H]3C[C@@H]([C@@H]4Sc5[nH]c(=O)sc5[C@@H](c5ccc(O)cc5)[C@@H]34)[C@H]2C1=O. The second-order valence-electron chi connectivity index (χ2n) is 9.02. The van der Waals surface area contributed by atoms with E-state index < -0.39 is 17.8 Å². The number of nitrogens with one attached hydrogen (secondary N) is 1. The molecule has 6 rings (SSSR count). The van der Waals surface area contributed by atoms with Crippen LogP contribution in [0.25, 0.3) is 0 Å². The molecule has 4 aliphatic rings. The number of fused-ring (bicyclic) bond motifs is 9. The molecule has 2 bridgehead atoms. The summed E-state index contributed by atoms with van der Waals surface area (Å²) in [7, 11) is 0. The number of benzene rings is 1. The molecule has 2 aromatic rings. The Bertz CT molecular complexity index is 1200. The van der Waals surface area contributed by atoms with Gasteiger partial charge in [-0.25, -0.2) is 0 Å². The molecule has 1 saturated heterocycles. The number of phenols is 1. The fourth-order valence-electron chi connectivity index (χ4n) is 6.56. The molecule has 3 N–H and O–H groups in total. The first kappa shape index (κ1) is 20.0. The molecule has 2 aliphatic heterocycles. The molecule has 3 heterocycles. The number of likely N-dealkylation sites (tertiary alicyclic amines) is 1. The third-order valence-corrected chi connectivity index (χ3v) is 10.2. The van der Waals surface area contributed by atoms with E-state index in [0.29, 0.717) is 0 Å². The molecule has 3 fully saturated rings. The molecule has 166 valence electrons. The van der Waals surface area contributed by atoms with Gasteiger partial charge in [-0.3, -0.25) is 24.1 Å². The molecule has 1 aromatic heterocycles. The Kier molecular flexibility index (Phi) is 4.36. The lowest BCUT2D eigenvalue weighted by atomic mass is 9.68. The molecule has 32 heavy (non-hydrogen) atoms. The number of nitrogens with zero attached hydrogens (tertiary/aromatic N) is 1. The normalized spacial score (nSPS) is 34.5. The lowest BCUT2D eigenvalue weighted by Gasteiger charge is -2.43. The topological polar surface area (TPSA) is 128 Å². The number of carboxylic acids is 1. The minimum absolute atomic E-state index is 0.00191. The Hall–Kier alpha value is -2.59. The molecule has 2 saturated carbocycles. The van der Waals surface area contributed by atoms with Gasteiger partial charge in [0, 0.05) is 22.6 Å². The highest BCUT2D eigenvalue weighted by Crippen LogP contribution is 2.68. The van der Waals surface area contributed by atoms with Gasteiger partial charge in [-0.2, -0.15) is 0 Å². The van der Waals surface area contributed by atoms with Crippen LogP contribution in [-0.4, -0.2) is 49.7 Å². The van der Waals surface area contributed by atoms with Crippen LogP contribution in [0, 0.1) is 29.6 Å². The van der Waals surface area contributed by atoms with Crippen LogP contribution in [0.1, 0.15) is 29.2 Å². The van der Waals surface area contributed by atoms with Gasteiger partial charge in [-0.15, -0.1) is 11.8 Å². The van der Waals surface area contributed by atoms with E-state index in [1.165, 1.54) is 11.3 Å². The minimum Gasteiger partial charge on any atom is -0.508 e. The van der Waals surface area contributed by atoms with Gasteiger partial charge < -0.3 is 15.2 Å². The van der Waals surface area contributed by atoms with Gasteiger partial charge in [0.15, 0.2) is 0 Å². The fraction of sp³-hybridized carbons (Fsp3) is 0.455. The number of carboxylic acid groups (broad SMARTS) is 1. The molecule has 10 heteroatoms. The molecule has 0 unspecified atom stereocenters. The van der Waals surface area contributed by atoms with Crippen LogP contribution in [0.4, 0.5) is 0 Å². The third-order valence-electron chi connectivity index (χ3n) is 7.62. The van der Waals surface area contributed by atoms with Crippen LogP contribution in [0.15, 0.2) is 34.1 Å². The molecule has 2 aliphatic carbocycles. The highest BCUT2D eigenvalue weighted by molar-refractivity contribution is 8.00. The average Bonchev–Trinajstić information content (AvgIpc) is 3.47. The number of carbonyl (C=O) groups excluding carboxylic acids is 2. The van der Waals surface area contributed by atoms with Crippen LogP contribution < -0.4 is 4.87 Å². The number of aromatic hydroxyl groups is 1. The van der Waals surface area contributed by atoms with Crippen molar-refractivity contribution in [1.29, 1.82) is 0 Å². The predicted molar refractivity (Wildman–Crippen MR) is 116 cm³/mol. The summed E-state index contributed by atoms with van der Waals surface area (Å²) in [6.07, 6.45) is 0.540. The monoisotopic (exact) mass is 472 g/mol. The summed E-state index contributed by atoms with van der Waals surface area (Å²) in [6.45, 7) is -0.0794. The molecular weight excluding hydrogens is 452 g/mol. The van der Waals surface area contributed by atoms with Crippen molar-refractivity contribution >= 4 is 40.9 Å². The third kappa shape index (κ3) is 2.68. The van der Waals surface area contributed by atoms with Crippen molar-refractivity contribution in [3.05, 3.63) is 44.4 Å². The number of phenolic OH excluding ortho intramolecular Hbond substituents is 1. The summed E-state index contributed by atoms with van der Waals surface area (Å²) in [5.41, 5.74) is 0.984. The Morgan fingerprint density at radius 2 is 1.78 bits per heavy atom. The summed E-state index contributed by atoms with van der Waals surface area (Å²) in [4.78, 5) is 54.5. The molecule has 1 aromatic carbocycles. The van der Waals surface area contributed by atoms with Gasteiger partial charge in [-0.05, 0) is 41.9 Å². The van der Waals surface area contributed by atoms with Crippen molar-refractivity contribution in [3.8, 4) is 5.75 Å². The zero-order chi connectivity index (χ0) is 22.3. The maximum Gasteiger partial charge on any atom is 0.305 e. The molecule has 0 spiro atoms. The van der Waals surface area contributed by atoms with Crippen LogP contribution >= 0.6 is 23.1 Å². The van der Waals surface area contributed by atoms with Crippen molar-refractivity contribution in [2.45, 2.75) is 29.0 Å². The van der Waals surface area contributed by atoms with Gasteiger partial charge in [0.2, 0.25) is 11.8 Å². The van der Waals surface area contributed by atoms with E-state index in [0.717, 1.165) is 26.8 Å². The highest BCUT2D eigenvalue weighted by atomic mass is 32.2. The van der Waals surface area contributed by atoms with E-state index in [4.69, 9.17) is 5.11 Å². The number of aromatic nitrogens is 1. The lowest BCUT2D eigenvalue weighted by molar-refractivity contribution is -0.142. The number of hydrogen-bond donors (Lipinski definition) is 3. The zero-order valence-corrected chi connectivity index (χ0v) is 18.4. The van der Waals surface area contributed by atoms with Crippen molar-refractivity contribution in [1.82, 2.24) is 9.88 Å². The van der Waals surface area contributed by atoms with Crippen molar-refractivity contribution in [2.24, 2.45) is 29.6 Å². The first-order chi connectivity index (χ1) is 15.3. The Morgan fingerprint density at radius 3 is 2.47 bits per heavy atom. The number of thiazole rings is 1. The van der Waals surface area contributed by atoms with Crippen LogP contribution in [-0.2, 0) is 14.4 Å². The summed E-state index contributed by atoms with van der Waals surface area (Å²) < 4.78 is 0. The van der Waals surface area contributed by atoms with Gasteiger partial charge in [-0.1, -0.05) is 23.5 Å². The predicted octanol–water partition coefficient (Wildman–Crippen LogP) is 2.09. The Balaban J connectivity index is 1.41.